The van der Waals surface area contributed by atoms with Gasteiger partial charge in [-0.2, -0.15) is 0 Å². The largest absolute Gasteiger partial charge is 0.394 e. The zero-order valence-electron chi connectivity index (χ0n) is 20.5. The lowest BCUT2D eigenvalue weighted by Gasteiger charge is -2.38. The van der Waals surface area contributed by atoms with Gasteiger partial charge in [-0.05, 0) is 6.42 Å². The van der Waals surface area contributed by atoms with Crippen LogP contribution in [-0.4, -0.2) is 132 Å². The summed E-state index contributed by atoms with van der Waals surface area (Å²) in [5.41, 5.74) is -1.24. The van der Waals surface area contributed by atoms with E-state index in [1.807, 2.05) is 31.2 Å². The maximum Gasteiger partial charge on any atom is 0.249 e. The zero-order valence-corrected chi connectivity index (χ0v) is 20.5. The number of amides is 3. The van der Waals surface area contributed by atoms with E-state index in [1.54, 1.807) is 16.8 Å². The quantitative estimate of drug-likeness (QED) is 0.483. The van der Waals surface area contributed by atoms with Crippen LogP contribution in [0.15, 0.2) is 24.3 Å². The van der Waals surface area contributed by atoms with Crippen LogP contribution < -0.4 is 0 Å². The molecule has 5 heterocycles. The summed E-state index contributed by atoms with van der Waals surface area (Å²) in [4.78, 5) is 48.7. The number of carbonyl (C=O) groups is 3. The average Bonchev–Trinajstić information content (AvgIpc) is 3.19. The summed E-state index contributed by atoms with van der Waals surface area (Å²) in [6, 6.07) is -1.44. The van der Waals surface area contributed by atoms with Crippen LogP contribution in [0.25, 0.3) is 0 Å². The molecule has 0 saturated carbocycles. The van der Waals surface area contributed by atoms with Crippen molar-refractivity contribution in [1.82, 2.24) is 19.6 Å². The summed E-state index contributed by atoms with van der Waals surface area (Å²) >= 11 is 0. The van der Waals surface area contributed by atoms with E-state index in [2.05, 4.69) is 4.90 Å². The first kappa shape index (κ1) is 24.4. The molecule has 3 amide bonds. The van der Waals surface area contributed by atoms with Gasteiger partial charge in [0.2, 0.25) is 17.7 Å². The lowest BCUT2D eigenvalue weighted by molar-refractivity contribution is -0.151. The fraction of sp³-hybridized carbons (Fsp3) is 0.720. The number of hydrogen-bond donors (Lipinski definition) is 1. The second-order valence-electron chi connectivity index (χ2n) is 10.1. The Kier molecular flexibility index (Phi) is 6.73. The molecule has 3 fully saturated rings. The molecule has 5 aliphatic heterocycles. The molecule has 1 N–H and O–H groups in total. The van der Waals surface area contributed by atoms with Crippen molar-refractivity contribution in [2.45, 2.75) is 37.1 Å². The van der Waals surface area contributed by atoms with Gasteiger partial charge in [0.25, 0.3) is 0 Å². The smallest absolute Gasteiger partial charge is 0.249 e. The van der Waals surface area contributed by atoms with Gasteiger partial charge < -0.3 is 29.3 Å². The molecule has 10 nitrogen and oxygen atoms in total. The van der Waals surface area contributed by atoms with Crippen LogP contribution in [0.1, 0.15) is 13.3 Å². The molecule has 5 rings (SSSR count). The summed E-state index contributed by atoms with van der Waals surface area (Å²) in [7, 11) is 1.72. The second kappa shape index (κ2) is 9.65. The van der Waals surface area contributed by atoms with Crippen molar-refractivity contribution in [2.75, 3.05) is 66.1 Å². The average molecular weight is 489 g/mol. The first-order valence-electron chi connectivity index (χ1n) is 12.7. The number of likely N-dealkylation sites (N-methyl/N-ethyl adjacent to an activating group) is 1. The van der Waals surface area contributed by atoms with Crippen LogP contribution in [0.3, 0.4) is 0 Å². The van der Waals surface area contributed by atoms with E-state index in [4.69, 9.17) is 9.47 Å². The van der Waals surface area contributed by atoms with E-state index in [9.17, 15) is 19.5 Å². The zero-order chi connectivity index (χ0) is 24.7. The minimum Gasteiger partial charge on any atom is -0.394 e. The van der Waals surface area contributed by atoms with E-state index in [-0.39, 0.29) is 24.3 Å². The maximum absolute atomic E-state index is 14.1. The standard InChI is InChI=1S/C25H36N4O6/c1-3-17(16-30)29-21-24(33)28(11-10-27-12-14-34-15-13-27)9-5-7-25(21)20(23(29)32)19-18(35-25)6-4-8-26(2)22(19)31/h4-7,17-21,30H,3,8-16H2,1-2H3/t17-,18+,19-,20-,21?,25-/m0/s1. The first-order chi connectivity index (χ1) is 16.9. The van der Waals surface area contributed by atoms with E-state index in [0.29, 0.717) is 39.3 Å². The van der Waals surface area contributed by atoms with Crippen molar-refractivity contribution >= 4 is 17.7 Å². The lowest BCUT2D eigenvalue weighted by Crippen LogP contribution is -2.58. The van der Waals surface area contributed by atoms with Gasteiger partial charge >= 0.3 is 0 Å². The summed E-state index contributed by atoms with van der Waals surface area (Å²) in [6.45, 7) is 6.76. The molecule has 1 unspecified atom stereocenters. The number of ether oxygens (including phenoxy) is 2. The fourth-order valence-corrected chi connectivity index (χ4v) is 6.34. The molecule has 0 aromatic heterocycles. The molecule has 0 aromatic carbocycles. The Morgan fingerprint density at radius 3 is 2.57 bits per heavy atom. The minimum absolute atomic E-state index is 0.151. The molecule has 192 valence electrons. The summed E-state index contributed by atoms with van der Waals surface area (Å²) in [6.07, 6.45) is 7.43. The van der Waals surface area contributed by atoms with Crippen LogP contribution in [0.2, 0.25) is 0 Å². The Morgan fingerprint density at radius 2 is 1.86 bits per heavy atom. The van der Waals surface area contributed by atoms with Crippen LogP contribution in [-0.2, 0) is 23.9 Å². The van der Waals surface area contributed by atoms with Gasteiger partial charge in [-0.1, -0.05) is 31.2 Å². The highest BCUT2D eigenvalue weighted by molar-refractivity contribution is 6.00. The molecule has 6 atom stereocenters. The number of aliphatic hydroxyl groups excluding tert-OH is 1. The molecule has 3 saturated heterocycles. The number of aliphatic hydroxyl groups is 1. The number of likely N-dealkylation sites (tertiary alicyclic amines) is 1. The highest BCUT2D eigenvalue weighted by atomic mass is 16.5. The molecular formula is C25H36N4O6. The molecule has 10 heteroatoms. The van der Waals surface area contributed by atoms with E-state index < -0.39 is 35.6 Å². The number of fused-ring (bicyclic) bond motifs is 2. The van der Waals surface area contributed by atoms with Gasteiger partial charge in [-0.15, -0.1) is 0 Å². The number of carbonyl (C=O) groups excluding carboxylic acids is 3. The van der Waals surface area contributed by atoms with Gasteiger partial charge in [-0.3, -0.25) is 19.3 Å². The van der Waals surface area contributed by atoms with Gasteiger partial charge in [0.05, 0.1) is 43.8 Å². The maximum atomic E-state index is 14.1. The molecule has 35 heavy (non-hydrogen) atoms. The molecule has 5 aliphatic rings. The Balaban J connectivity index is 1.50. The highest BCUT2D eigenvalue weighted by Gasteiger charge is 2.72. The SMILES string of the molecule is CC[C@@H](CO)N1C(=O)[C@@H]2[C@H]3C(=O)N(C)CC=C[C@H]3O[C@@]23C=CCN(CCN2CCOCC2)C(=O)C13. The Bertz CT molecular complexity index is 914. The molecule has 0 aliphatic carbocycles. The first-order valence-corrected chi connectivity index (χ1v) is 12.7. The summed E-state index contributed by atoms with van der Waals surface area (Å²) in [5.74, 6) is -2.13. The number of morpholine rings is 1. The third-order valence-electron chi connectivity index (χ3n) is 8.25. The van der Waals surface area contributed by atoms with Gasteiger partial charge in [0.15, 0.2) is 0 Å². The number of rotatable bonds is 6. The molecule has 0 aromatic rings. The highest BCUT2D eigenvalue weighted by Crippen LogP contribution is 2.54. The summed E-state index contributed by atoms with van der Waals surface area (Å²) in [5, 5.41) is 10.1. The fourth-order valence-electron chi connectivity index (χ4n) is 6.34. The van der Waals surface area contributed by atoms with Crippen molar-refractivity contribution in [3.8, 4) is 0 Å². The molecule has 1 spiro atoms. The van der Waals surface area contributed by atoms with Crippen molar-refractivity contribution in [3.63, 3.8) is 0 Å². The summed E-state index contributed by atoms with van der Waals surface area (Å²) < 4.78 is 12.0. The van der Waals surface area contributed by atoms with Gasteiger partial charge in [-0.25, -0.2) is 0 Å². The topological polar surface area (TPSA) is 103 Å². The van der Waals surface area contributed by atoms with Crippen molar-refractivity contribution < 1.29 is 29.0 Å². The lowest BCUT2D eigenvalue weighted by atomic mass is 9.77. The van der Waals surface area contributed by atoms with Crippen LogP contribution >= 0.6 is 0 Å². The van der Waals surface area contributed by atoms with E-state index in [0.717, 1.165) is 19.6 Å². The van der Waals surface area contributed by atoms with E-state index in [1.165, 1.54) is 4.90 Å². The molecular weight excluding hydrogens is 452 g/mol. The van der Waals surface area contributed by atoms with Crippen LogP contribution in [0.5, 0.6) is 0 Å². The Morgan fingerprint density at radius 1 is 1.09 bits per heavy atom. The third kappa shape index (κ3) is 3.91. The molecule has 0 bridgehead atoms. The third-order valence-corrected chi connectivity index (χ3v) is 8.25. The predicted molar refractivity (Wildman–Crippen MR) is 126 cm³/mol. The van der Waals surface area contributed by atoms with E-state index >= 15 is 0 Å². The Hall–Kier alpha value is -2.27. The van der Waals surface area contributed by atoms with Crippen LogP contribution in [0.4, 0.5) is 0 Å². The van der Waals surface area contributed by atoms with Crippen molar-refractivity contribution in [3.05, 3.63) is 24.3 Å². The predicted octanol–water partition coefficient (Wildman–Crippen LogP) is -0.903. The number of hydrogen-bond acceptors (Lipinski definition) is 7. The van der Waals surface area contributed by atoms with Gasteiger partial charge in [0, 0.05) is 46.3 Å². The Labute approximate surface area is 206 Å². The second-order valence-corrected chi connectivity index (χ2v) is 10.1. The van der Waals surface area contributed by atoms with Gasteiger partial charge in [0.1, 0.15) is 11.6 Å². The number of nitrogens with zero attached hydrogens (tertiary/aromatic N) is 4. The van der Waals surface area contributed by atoms with Crippen LogP contribution in [0, 0.1) is 11.8 Å². The monoisotopic (exact) mass is 488 g/mol. The normalized spacial score (nSPS) is 36.2. The minimum atomic E-state index is -1.24. The van der Waals surface area contributed by atoms with Crippen molar-refractivity contribution in [2.24, 2.45) is 11.8 Å². The molecule has 0 radical (unpaired) electrons. The van der Waals surface area contributed by atoms with Crippen molar-refractivity contribution in [1.29, 1.82) is 0 Å².